The van der Waals surface area contributed by atoms with Crippen LogP contribution in [-0.2, 0) is 6.54 Å². The highest BCUT2D eigenvalue weighted by Crippen LogP contribution is 2.26. The highest BCUT2D eigenvalue weighted by Gasteiger charge is 2.28. The number of carbonyl (C=O) groups excluding carboxylic acids is 1. The quantitative estimate of drug-likeness (QED) is 0.848. The zero-order chi connectivity index (χ0) is 16.9. The number of piperidine rings is 1. The number of rotatable bonds is 5. The lowest BCUT2D eigenvalue weighted by Crippen LogP contribution is -2.44. The van der Waals surface area contributed by atoms with E-state index in [0.29, 0.717) is 6.04 Å². The van der Waals surface area contributed by atoms with E-state index in [4.69, 9.17) is 0 Å². The Morgan fingerprint density at radius 2 is 2.08 bits per heavy atom. The number of benzene rings is 1. The molecule has 1 aliphatic rings. The number of aromatic nitrogens is 2. The Kier molecular flexibility index (Phi) is 5.18. The monoisotopic (exact) mass is 326 g/mol. The van der Waals surface area contributed by atoms with Gasteiger partial charge in [-0.15, -0.1) is 0 Å². The second-order valence-electron chi connectivity index (χ2n) is 6.62. The average Bonchev–Trinajstić information content (AvgIpc) is 3.13. The van der Waals surface area contributed by atoms with Gasteiger partial charge < -0.3 is 9.80 Å². The zero-order valence-electron chi connectivity index (χ0n) is 14.6. The largest absolute Gasteiger partial charge is 0.377 e. The van der Waals surface area contributed by atoms with Crippen LogP contribution < -0.4 is 4.90 Å². The summed E-state index contributed by atoms with van der Waals surface area (Å²) >= 11 is 0. The van der Waals surface area contributed by atoms with Gasteiger partial charge in [-0.25, -0.2) is 0 Å². The van der Waals surface area contributed by atoms with E-state index in [0.717, 1.165) is 43.6 Å². The van der Waals surface area contributed by atoms with Crippen LogP contribution in [0.4, 0.5) is 5.69 Å². The van der Waals surface area contributed by atoms with Crippen LogP contribution in [0.15, 0.2) is 42.7 Å². The van der Waals surface area contributed by atoms with E-state index >= 15 is 0 Å². The summed E-state index contributed by atoms with van der Waals surface area (Å²) in [6.07, 6.45) is 8.11. The summed E-state index contributed by atoms with van der Waals surface area (Å²) < 4.78 is 1.95. The summed E-state index contributed by atoms with van der Waals surface area (Å²) in [7, 11) is 3.97. The molecule has 1 aromatic heterocycles. The van der Waals surface area contributed by atoms with Crippen LogP contribution in [0, 0.1) is 0 Å². The van der Waals surface area contributed by atoms with Gasteiger partial charge in [-0.2, -0.15) is 5.10 Å². The lowest BCUT2D eigenvalue weighted by molar-refractivity contribution is 0.0594. The summed E-state index contributed by atoms with van der Waals surface area (Å²) in [5.74, 6) is 0.157. The van der Waals surface area contributed by atoms with Gasteiger partial charge in [0.2, 0.25) is 0 Å². The fourth-order valence-electron chi connectivity index (χ4n) is 3.48. The summed E-state index contributed by atoms with van der Waals surface area (Å²) in [6.45, 7) is 1.71. The topological polar surface area (TPSA) is 41.4 Å². The molecule has 1 fully saturated rings. The van der Waals surface area contributed by atoms with Gasteiger partial charge in [-0.1, -0.05) is 12.1 Å². The van der Waals surface area contributed by atoms with Crippen LogP contribution in [0.5, 0.6) is 0 Å². The molecule has 2 heterocycles. The number of para-hydroxylation sites is 1. The summed E-state index contributed by atoms with van der Waals surface area (Å²) in [5.41, 5.74) is 1.78. The van der Waals surface area contributed by atoms with Crippen molar-refractivity contribution in [1.29, 1.82) is 0 Å². The van der Waals surface area contributed by atoms with Crippen molar-refractivity contribution >= 4 is 11.6 Å². The summed E-state index contributed by atoms with van der Waals surface area (Å²) in [4.78, 5) is 17.3. The van der Waals surface area contributed by atoms with E-state index in [2.05, 4.69) is 10.00 Å². The predicted molar refractivity (Wildman–Crippen MR) is 96.3 cm³/mol. The Bertz CT molecular complexity index is 666. The molecule has 128 valence electrons. The summed E-state index contributed by atoms with van der Waals surface area (Å²) in [5, 5.41) is 4.27. The number of aryl methyl sites for hydroxylation is 1. The minimum absolute atomic E-state index is 0.157. The van der Waals surface area contributed by atoms with Gasteiger partial charge in [-0.3, -0.25) is 9.48 Å². The number of anilines is 1. The Balaban J connectivity index is 1.76. The predicted octanol–water partition coefficient (Wildman–Crippen LogP) is 3.03. The van der Waals surface area contributed by atoms with Crippen molar-refractivity contribution in [3.05, 3.63) is 48.3 Å². The van der Waals surface area contributed by atoms with Crippen molar-refractivity contribution in [3.8, 4) is 0 Å². The van der Waals surface area contributed by atoms with Crippen LogP contribution in [0.1, 0.15) is 36.0 Å². The molecule has 3 rings (SSSR count). The molecule has 0 N–H and O–H groups in total. The molecule has 0 spiro atoms. The molecule has 1 saturated heterocycles. The normalized spacial score (nSPS) is 17.8. The zero-order valence-corrected chi connectivity index (χ0v) is 14.6. The third kappa shape index (κ3) is 3.61. The molecule has 1 aliphatic heterocycles. The van der Waals surface area contributed by atoms with E-state index in [1.165, 1.54) is 6.42 Å². The van der Waals surface area contributed by atoms with Gasteiger partial charge >= 0.3 is 0 Å². The minimum atomic E-state index is 0.157. The van der Waals surface area contributed by atoms with Crippen LogP contribution in [-0.4, -0.2) is 47.3 Å². The lowest BCUT2D eigenvalue weighted by Gasteiger charge is -2.36. The maximum Gasteiger partial charge on any atom is 0.256 e. The lowest BCUT2D eigenvalue weighted by atomic mass is 9.97. The molecule has 1 amide bonds. The molecule has 5 nitrogen and oxygen atoms in total. The number of hydrogen-bond donors (Lipinski definition) is 0. The average molecular weight is 326 g/mol. The first-order chi connectivity index (χ1) is 11.7. The highest BCUT2D eigenvalue weighted by atomic mass is 16.2. The van der Waals surface area contributed by atoms with Crippen LogP contribution >= 0.6 is 0 Å². The third-order valence-electron chi connectivity index (χ3n) is 4.75. The Morgan fingerprint density at radius 3 is 2.83 bits per heavy atom. The van der Waals surface area contributed by atoms with Gasteiger partial charge in [-0.05, 0) is 43.9 Å². The molecule has 5 heteroatoms. The SMILES string of the molecule is CN(C)c1ccccc1C(=O)N1CCCC[C@@H]1CCn1cccn1. The van der Waals surface area contributed by atoms with Gasteiger partial charge in [0.25, 0.3) is 5.91 Å². The molecule has 0 saturated carbocycles. The molecule has 0 aliphatic carbocycles. The maximum atomic E-state index is 13.2. The smallest absolute Gasteiger partial charge is 0.256 e. The number of likely N-dealkylation sites (tertiary alicyclic amines) is 1. The first-order valence-electron chi connectivity index (χ1n) is 8.71. The minimum Gasteiger partial charge on any atom is -0.377 e. The summed E-state index contributed by atoms with van der Waals surface area (Å²) in [6, 6.07) is 10.1. The van der Waals surface area contributed by atoms with E-state index in [-0.39, 0.29) is 5.91 Å². The number of carbonyl (C=O) groups is 1. The second kappa shape index (κ2) is 7.51. The van der Waals surface area contributed by atoms with Crippen molar-refractivity contribution in [2.75, 3.05) is 25.5 Å². The number of hydrogen-bond acceptors (Lipinski definition) is 3. The highest BCUT2D eigenvalue weighted by molar-refractivity contribution is 6.00. The molecule has 2 aromatic rings. The van der Waals surface area contributed by atoms with Crippen LogP contribution in [0.2, 0.25) is 0 Å². The molecule has 0 bridgehead atoms. The van der Waals surface area contributed by atoms with Crippen LogP contribution in [0.25, 0.3) is 0 Å². The number of nitrogens with zero attached hydrogens (tertiary/aromatic N) is 4. The number of amides is 1. The van der Waals surface area contributed by atoms with Gasteiger partial charge in [0.1, 0.15) is 0 Å². The van der Waals surface area contributed by atoms with E-state index in [9.17, 15) is 4.79 Å². The van der Waals surface area contributed by atoms with Gasteiger partial charge in [0, 0.05) is 51.3 Å². The first kappa shape index (κ1) is 16.6. The van der Waals surface area contributed by atoms with Crippen molar-refractivity contribution in [1.82, 2.24) is 14.7 Å². The van der Waals surface area contributed by atoms with E-state index in [1.54, 1.807) is 6.20 Å². The molecule has 0 unspecified atom stereocenters. The second-order valence-corrected chi connectivity index (χ2v) is 6.62. The Labute approximate surface area is 143 Å². The molecule has 24 heavy (non-hydrogen) atoms. The third-order valence-corrected chi connectivity index (χ3v) is 4.75. The van der Waals surface area contributed by atoms with Gasteiger partial charge in [0.15, 0.2) is 0 Å². The van der Waals surface area contributed by atoms with E-state index in [1.807, 2.05) is 60.2 Å². The fraction of sp³-hybridized carbons (Fsp3) is 0.474. The fourth-order valence-corrected chi connectivity index (χ4v) is 3.48. The molecule has 1 aromatic carbocycles. The van der Waals surface area contributed by atoms with Crippen molar-refractivity contribution in [2.24, 2.45) is 0 Å². The molecule has 0 radical (unpaired) electrons. The molecular formula is C19H26N4O. The van der Waals surface area contributed by atoms with E-state index < -0.39 is 0 Å². The Morgan fingerprint density at radius 1 is 1.25 bits per heavy atom. The first-order valence-corrected chi connectivity index (χ1v) is 8.71. The molecular weight excluding hydrogens is 300 g/mol. The Hall–Kier alpha value is -2.30. The molecule has 1 atom stereocenters. The van der Waals surface area contributed by atoms with Crippen molar-refractivity contribution in [2.45, 2.75) is 38.3 Å². The standard InChI is InChI=1S/C19H26N4O/c1-21(2)18-10-4-3-9-17(18)19(24)23-14-6-5-8-16(23)11-15-22-13-7-12-20-22/h3-4,7,9-10,12-13,16H,5-6,8,11,14-15H2,1-2H3/t16-/m1/s1. The maximum absolute atomic E-state index is 13.2. The van der Waals surface area contributed by atoms with Crippen molar-refractivity contribution in [3.63, 3.8) is 0 Å². The van der Waals surface area contributed by atoms with Crippen molar-refractivity contribution < 1.29 is 4.79 Å². The van der Waals surface area contributed by atoms with Gasteiger partial charge in [0.05, 0.1) is 5.56 Å². The van der Waals surface area contributed by atoms with Crippen LogP contribution in [0.3, 0.4) is 0 Å².